The van der Waals surface area contributed by atoms with Gasteiger partial charge in [0.05, 0.1) is 6.26 Å². The van der Waals surface area contributed by atoms with E-state index < -0.39 is 0 Å². The van der Waals surface area contributed by atoms with Crippen molar-refractivity contribution in [1.29, 1.82) is 0 Å². The molecule has 1 aliphatic rings. The molecule has 1 atom stereocenters. The number of rotatable bonds is 5. The first-order valence-electron chi connectivity index (χ1n) is 7.02. The van der Waals surface area contributed by atoms with Gasteiger partial charge in [0.1, 0.15) is 19.0 Å². The van der Waals surface area contributed by atoms with Gasteiger partial charge in [-0.05, 0) is 36.4 Å². The van der Waals surface area contributed by atoms with Crippen molar-refractivity contribution in [2.45, 2.75) is 19.4 Å². The molecule has 4 heteroatoms. The summed E-state index contributed by atoms with van der Waals surface area (Å²) < 4.78 is 16.7. The highest BCUT2D eigenvalue weighted by Gasteiger charge is 2.17. The SMILES string of the molecule is CCNC(Cc1ccco1)c1ccc2c(c1)OCCO2. The monoisotopic (exact) mass is 273 g/mol. The highest BCUT2D eigenvalue weighted by Crippen LogP contribution is 2.33. The predicted octanol–water partition coefficient (Wildman–Crippen LogP) is 2.94. The van der Waals surface area contributed by atoms with E-state index in [9.17, 15) is 0 Å². The zero-order valence-corrected chi connectivity index (χ0v) is 11.6. The van der Waals surface area contributed by atoms with E-state index in [1.54, 1.807) is 6.26 Å². The molecule has 0 spiro atoms. The van der Waals surface area contributed by atoms with Crippen molar-refractivity contribution in [3.8, 4) is 11.5 Å². The fourth-order valence-electron chi connectivity index (χ4n) is 2.46. The Kier molecular flexibility index (Phi) is 3.92. The van der Waals surface area contributed by atoms with Crippen LogP contribution in [0.15, 0.2) is 41.0 Å². The normalized spacial score (nSPS) is 15.1. The Bertz CT molecular complexity index is 551. The summed E-state index contributed by atoms with van der Waals surface area (Å²) in [7, 11) is 0. The second kappa shape index (κ2) is 6.01. The molecule has 1 aliphatic heterocycles. The van der Waals surface area contributed by atoms with Gasteiger partial charge in [0.2, 0.25) is 0 Å². The highest BCUT2D eigenvalue weighted by atomic mass is 16.6. The van der Waals surface area contributed by atoms with E-state index in [2.05, 4.69) is 24.4 Å². The Balaban J connectivity index is 1.83. The fraction of sp³-hybridized carbons (Fsp3) is 0.375. The van der Waals surface area contributed by atoms with E-state index in [0.29, 0.717) is 13.2 Å². The van der Waals surface area contributed by atoms with Gasteiger partial charge < -0.3 is 19.2 Å². The maximum absolute atomic E-state index is 5.65. The van der Waals surface area contributed by atoms with Gasteiger partial charge in [-0.2, -0.15) is 0 Å². The van der Waals surface area contributed by atoms with E-state index in [0.717, 1.165) is 30.2 Å². The van der Waals surface area contributed by atoms with Crippen LogP contribution in [0, 0.1) is 0 Å². The van der Waals surface area contributed by atoms with Crippen molar-refractivity contribution in [1.82, 2.24) is 5.32 Å². The lowest BCUT2D eigenvalue weighted by atomic mass is 10.0. The van der Waals surface area contributed by atoms with Crippen LogP contribution >= 0.6 is 0 Å². The average molecular weight is 273 g/mol. The van der Waals surface area contributed by atoms with Gasteiger partial charge in [-0.1, -0.05) is 13.0 Å². The molecule has 0 aliphatic carbocycles. The molecule has 2 aromatic rings. The minimum Gasteiger partial charge on any atom is -0.486 e. The van der Waals surface area contributed by atoms with Crippen LogP contribution in [0.2, 0.25) is 0 Å². The molecule has 1 aromatic carbocycles. The summed E-state index contributed by atoms with van der Waals surface area (Å²) in [6.07, 6.45) is 2.53. The molecule has 0 fully saturated rings. The summed E-state index contributed by atoms with van der Waals surface area (Å²) in [6.45, 7) is 4.24. The predicted molar refractivity (Wildman–Crippen MR) is 76.3 cm³/mol. The number of furan rings is 1. The summed E-state index contributed by atoms with van der Waals surface area (Å²) in [5.41, 5.74) is 1.19. The van der Waals surface area contributed by atoms with E-state index in [4.69, 9.17) is 13.9 Å². The first kappa shape index (κ1) is 13.1. The molecule has 0 saturated heterocycles. The molecule has 0 amide bonds. The smallest absolute Gasteiger partial charge is 0.161 e. The molecule has 2 heterocycles. The second-order valence-electron chi connectivity index (χ2n) is 4.80. The summed E-state index contributed by atoms with van der Waals surface area (Å²) >= 11 is 0. The molecule has 106 valence electrons. The van der Waals surface area contributed by atoms with Crippen LogP contribution in [-0.4, -0.2) is 19.8 Å². The molecule has 0 saturated carbocycles. The van der Waals surface area contributed by atoms with E-state index in [1.807, 2.05) is 18.2 Å². The van der Waals surface area contributed by atoms with Crippen molar-refractivity contribution in [2.75, 3.05) is 19.8 Å². The molecule has 1 unspecified atom stereocenters. The maximum Gasteiger partial charge on any atom is 0.161 e. The molecular weight excluding hydrogens is 254 g/mol. The van der Waals surface area contributed by atoms with Crippen LogP contribution in [0.3, 0.4) is 0 Å². The van der Waals surface area contributed by atoms with Crippen LogP contribution < -0.4 is 14.8 Å². The van der Waals surface area contributed by atoms with Gasteiger partial charge in [0.25, 0.3) is 0 Å². The van der Waals surface area contributed by atoms with E-state index in [1.165, 1.54) is 5.56 Å². The lowest BCUT2D eigenvalue weighted by molar-refractivity contribution is 0.171. The number of nitrogens with one attached hydrogen (secondary N) is 1. The van der Waals surface area contributed by atoms with Crippen LogP contribution in [0.4, 0.5) is 0 Å². The third-order valence-electron chi connectivity index (χ3n) is 3.40. The van der Waals surface area contributed by atoms with Crippen LogP contribution in [0.25, 0.3) is 0 Å². The number of ether oxygens (including phenoxy) is 2. The highest BCUT2D eigenvalue weighted by molar-refractivity contribution is 5.44. The third kappa shape index (κ3) is 2.80. The van der Waals surface area contributed by atoms with Crippen molar-refractivity contribution >= 4 is 0 Å². The standard InChI is InChI=1S/C16H19NO3/c1-2-17-14(11-13-4-3-7-18-13)12-5-6-15-16(10-12)20-9-8-19-15/h3-7,10,14,17H,2,8-9,11H2,1H3. The molecule has 0 radical (unpaired) electrons. The van der Waals surface area contributed by atoms with Crippen molar-refractivity contribution < 1.29 is 13.9 Å². The van der Waals surface area contributed by atoms with Gasteiger partial charge in [0, 0.05) is 12.5 Å². The largest absolute Gasteiger partial charge is 0.486 e. The van der Waals surface area contributed by atoms with E-state index in [-0.39, 0.29) is 6.04 Å². The summed E-state index contributed by atoms with van der Waals surface area (Å²) in [6, 6.07) is 10.3. The zero-order valence-electron chi connectivity index (χ0n) is 11.6. The fourth-order valence-corrected chi connectivity index (χ4v) is 2.46. The molecule has 4 nitrogen and oxygen atoms in total. The van der Waals surface area contributed by atoms with Gasteiger partial charge in [-0.25, -0.2) is 0 Å². The van der Waals surface area contributed by atoms with Gasteiger partial charge in [-0.3, -0.25) is 0 Å². The number of fused-ring (bicyclic) bond motifs is 1. The van der Waals surface area contributed by atoms with Crippen molar-refractivity contribution in [3.63, 3.8) is 0 Å². The molecule has 1 aromatic heterocycles. The molecular formula is C16H19NO3. The topological polar surface area (TPSA) is 43.6 Å². The quantitative estimate of drug-likeness (QED) is 0.909. The Morgan fingerprint density at radius 3 is 2.75 bits per heavy atom. The van der Waals surface area contributed by atoms with Crippen LogP contribution in [-0.2, 0) is 6.42 Å². The summed E-state index contributed by atoms with van der Waals surface area (Å²) in [5.74, 6) is 2.63. The van der Waals surface area contributed by atoms with Crippen LogP contribution in [0.5, 0.6) is 11.5 Å². The van der Waals surface area contributed by atoms with Gasteiger partial charge in [0.15, 0.2) is 11.5 Å². The van der Waals surface area contributed by atoms with Crippen molar-refractivity contribution in [3.05, 3.63) is 47.9 Å². The third-order valence-corrected chi connectivity index (χ3v) is 3.40. The second-order valence-corrected chi connectivity index (χ2v) is 4.80. The summed E-state index contributed by atoms with van der Waals surface area (Å²) in [5, 5.41) is 3.49. The molecule has 1 N–H and O–H groups in total. The Hall–Kier alpha value is -1.94. The lowest BCUT2D eigenvalue weighted by Gasteiger charge is -2.22. The Labute approximate surface area is 118 Å². The van der Waals surface area contributed by atoms with Gasteiger partial charge in [-0.15, -0.1) is 0 Å². The first-order chi connectivity index (χ1) is 9.86. The minimum atomic E-state index is 0.210. The lowest BCUT2D eigenvalue weighted by Crippen LogP contribution is -2.23. The first-order valence-corrected chi connectivity index (χ1v) is 7.02. The number of hydrogen-bond acceptors (Lipinski definition) is 4. The maximum atomic E-state index is 5.65. The van der Waals surface area contributed by atoms with Crippen LogP contribution in [0.1, 0.15) is 24.3 Å². The van der Waals surface area contributed by atoms with Gasteiger partial charge >= 0.3 is 0 Å². The molecule has 3 rings (SSSR count). The number of likely N-dealkylation sites (N-methyl/N-ethyl adjacent to an activating group) is 1. The van der Waals surface area contributed by atoms with E-state index >= 15 is 0 Å². The summed E-state index contributed by atoms with van der Waals surface area (Å²) in [4.78, 5) is 0. The van der Waals surface area contributed by atoms with Crippen molar-refractivity contribution in [2.24, 2.45) is 0 Å². The Morgan fingerprint density at radius 1 is 1.15 bits per heavy atom. The molecule has 20 heavy (non-hydrogen) atoms. The Morgan fingerprint density at radius 2 is 2.00 bits per heavy atom. The molecule has 0 bridgehead atoms. The minimum absolute atomic E-state index is 0.210. The number of benzene rings is 1. The number of hydrogen-bond donors (Lipinski definition) is 1. The zero-order chi connectivity index (χ0) is 13.8. The average Bonchev–Trinajstić information content (AvgIpc) is 2.99.